The van der Waals surface area contributed by atoms with Crippen LogP contribution in [0.15, 0.2) is 0 Å². The lowest BCUT2D eigenvalue weighted by molar-refractivity contribution is -0.130. The van der Waals surface area contributed by atoms with E-state index < -0.39 is 0 Å². The van der Waals surface area contributed by atoms with Crippen LogP contribution in [0.1, 0.15) is 38.5 Å². The van der Waals surface area contributed by atoms with Crippen LogP contribution < -0.4 is 0 Å². The Balaban J connectivity index is 1.56. The summed E-state index contributed by atoms with van der Waals surface area (Å²) in [6.45, 7) is 4.91. The van der Waals surface area contributed by atoms with E-state index in [2.05, 4.69) is 9.80 Å². The fourth-order valence-electron chi connectivity index (χ4n) is 5.07. The summed E-state index contributed by atoms with van der Waals surface area (Å²) in [7, 11) is 0. The van der Waals surface area contributed by atoms with Crippen molar-refractivity contribution in [3.8, 4) is 0 Å². The van der Waals surface area contributed by atoms with Gasteiger partial charge >= 0.3 is 0 Å². The molecular weight excluding hydrogens is 224 g/mol. The Labute approximate surface area is 110 Å². The molecule has 0 radical (unpaired) electrons. The van der Waals surface area contributed by atoms with Crippen LogP contribution in [0.5, 0.6) is 0 Å². The smallest absolute Gasteiger partial charge is 0.135 e. The molecule has 0 spiro atoms. The third-order valence-electron chi connectivity index (χ3n) is 5.88. The van der Waals surface area contributed by atoms with Gasteiger partial charge in [-0.25, -0.2) is 0 Å². The Hall–Kier alpha value is -0.410. The van der Waals surface area contributed by atoms with E-state index in [1.165, 1.54) is 45.3 Å². The van der Waals surface area contributed by atoms with E-state index in [0.717, 1.165) is 37.3 Å². The molecule has 0 saturated carbocycles. The first-order valence-electron chi connectivity index (χ1n) is 7.81. The summed E-state index contributed by atoms with van der Waals surface area (Å²) in [5.74, 6) is 2.19. The van der Waals surface area contributed by atoms with Gasteiger partial charge in [0.1, 0.15) is 5.78 Å². The lowest BCUT2D eigenvalue weighted by atomic mass is 9.71. The van der Waals surface area contributed by atoms with Crippen LogP contribution in [0, 0.1) is 11.8 Å². The Morgan fingerprint density at radius 3 is 2.61 bits per heavy atom. The lowest BCUT2D eigenvalue weighted by Crippen LogP contribution is -2.64. The number of carbonyl (C=O) groups excluding carboxylic acids is 1. The molecule has 0 aromatic carbocycles. The molecule has 4 atom stereocenters. The zero-order chi connectivity index (χ0) is 12.1. The molecule has 4 aliphatic heterocycles. The van der Waals surface area contributed by atoms with Gasteiger partial charge in [0.25, 0.3) is 0 Å². The van der Waals surface area contributed by atoms with Crippen molar-refractivity contribution in [2.75, 3.05) is 26.2 Å². The molecule has 100 valence electrons. The first-order chi connectivity index (χ1) is 8.81. The summed E-state index contributed by atoms with van der Waals surface area (Å²) in [5.41, 5.74) is 0. The van der Waals surface area contributed by atoms with Gasteiger partial charge in [0.2, 0.25) is 0 Å². The molecule has 4 heterocycles. The van der Waals surface area contributed by atoms with Crippen molar-refractivity contribution in [2.45, 2.75) is 50.6 Å². The number of fused-ring (bicyclic) bond motifs is 6. The first kappa shape index (κ1) is 11.4. The molecule has 0 aliphatic carbocycles. The van der Waals surface area contributed by atoms with Gasteiger partial charge < -0.3 is 0 Å². The molecule has 0 amide bonds. The molecule has 0 aromatic rings. The minimum atomic E-state index is 0.510. The van der Waals surface area contributed by atoms with Gasteiger partial charge in [0.15, 0.2) is 0 Å². The monoisotopic (exact) mass is 248 g/mol. The second-order valence-corrected chi connectivity index (χ2v) is 6.87. The van der Waals surface area contributed by atoms with Crippen LogP contribution in [-0.2, 0) is 4.79 Å². The van der Waals surface area contributed by atoms with Crippen LogP contribution in [0.3, 0.4) is 0 Å². The Bertz CT molecular complexity index is 356. The van der Waals surface area contributed by atoms with E-state index in [9.17, 15) is 4.79 Å². The highest BCUT2D eigenvalue weighted by atomic mass is 16.1. The number of Topliss-reactive ketones (excluding diaryl/α,β-unsaturated/α-hetero) is 1. The number of piperidine rings is 4. The third-order valence-corrected chi connectivity index (χ3v) is 5.88. The maximum Gasteiger partial charge on any atom is 0.135 e. The summed E-state index contributed by atoms with van der Waals surface area (Å²) in [6.07, 6.45) is 7.30. The van der Waals surface area contributed by atoms with Crippen LogP contribution >= 0.6 is 0 Å². The van der Waals surface area contributed by atoms with Crippen molar-refractivity contribution in [1.82, 2.24) is 9.80 Å². The minimum Gasteiger partial charge on any atom is -0.300 e. The zero-order valence-electron chi connectivity index (χ0n) is 11.2. The minimum absolute atomic E-state index is 0.510. The molecule has 0 unspecified atom stereocenters. The van der Waals surface area contributed by atoms with Gasteiger partial charge in [0, 0.05) is 44.6 Å². The number of hydrogen-bond acceptors (Lipinski definition) is 3. The first-order valence-corrected chi connectivity index (χ1v) is 7.81. The molecule has 0 N–H and O–H groups in total. The van der Waals surface area contributed by atoms with E-state index >= 15 is 0 Å². The molecule has 3 nitrogen and oxygen atoms in total. The lowest BCUT2D eigenvalue weighted by Gasteiger charge is -2.56. The van der Waals surface area contributed by atoms with Crippen LogP contribution in [0.4, 0.5) is 0 Å². The zero-order valence-corrected chi connectivity index (χ0v) is 11.2. The predicted molar refractivity (Wildman–Crippen MR) is 70.4 cm³/mol. The van der Waals surface area contributed by atoms with Crippen LogP contribution in [0.25, 0.3) is 0 Å². The second-order valence-electron chi connectivity index (χ2n) is 6.87. The van der Waals surface area contributed by atoms with E-state index in [1.807, 2.05) is 0 Å². The molecule has 4 rings (SSSR count). The number of carbonyl (C=O) groups is 1. The highest BCUT2D eigenvalue weighted by Gasteiger charge is 2.47. The Morgan fingerprint density at radius 1 is 0.944 bits per heavy atom. The molecule has 2 bridgehead atoms. The van der Waals surface area contributed by atoms with E-state index in [4.69, 9.17) is 0 Å². The number of hydrogen-bond donors (Lipinski definition) is 0. The average Bonchev–Trinajstić information content (AvgIpc) is 2.40. The van der Waals surface area contributed by atoms with Crippen molar-refractivity contribution in [3.05, 3.63) is 0 Å². The summed E-state index contributed by atoms with van der Waals surface area (Å²) in [4.78, 5) is 17.1. The van der Waals surface area contributed by atoms with Gasteiger partial charge in [-0.15, -0.1) is 0 Å². The Morgan fingerprint density at radius 2 is 1.72 bits per heavy atom. The van der Waals surface area contributed by atoms with E-state index in [1.54, 1.807) is 0 Å². The van der Waals surface area contributed by atoms with Gasteiger partial charge in [-0.3, -0.25) is 14.6 Å². The van der Waals surface area contributed by atoms with Crippen LogP contribution in [-0.4, -0.2) is 53.8 Å². The van der Waals surface area contributed by atoms with Gasteiger partial charge in [0.05, 0.1) is 0 Å². The molecule has 18 heavy (non-hydrogen) atoms. The topological polar surface area (TPSA) is 23.6 Å². The predicted octanol–water partition coefficient (Wildman–Crippen LogP) is 1.52. The quantitative estimate of drug-likeness (QED) is 0.649. The average molecular weight is 248 g/mol. The van der Waals surface area contributed by atoms with Gasteiger partial charge in [-0.1, -0.05) is 6.42 Å². The molecule has 4 aliphatic rings. The summed E-state index contributed by atoms with van der Waals surface area (Å²) in [6, 6.07) is 1.46. The highest BCUT2D eigenvalue weighted by molar-refractivity contribution is 5.80. The molecule has 4 saturated heterocycles. The fraction of sp³-hybridized carbons (Fsp3) is 0.933. The van der Waals surface area contributed by atoms with E-state index in [0.29, 0.717) is 11.8 Å². The molecule has 4 fully saturated rings. The number of ketones is 1. The highest BCUT2D eigenvalue weighted by Crippen LogP contribution is 2.42. The molecule has 3 heteroatoms. The van der Waals surface area contributed by atoms with Crippen molar-refractivity contribution in [1.29, 1.82) is 0 Å². The normalized spacial score (nSPS) is 45.4. The van der Waals surface area contributed by atoms with Gasteiger partial charge in [-0.2, -0.15) is 0 Å². The van der Waals surface area contributed by atoms with E-state index in [-0.39, 0.29) is 0 Å². The summed E-state index contributed by atoms with van der Waals surface area (Å²) in [5, 5.41) is 0. The molecule has 0 aromatic heterocycles. The number of nitrogens with zero attached hydrogens (tertiary/aromatic N) is 2. The summed E-state index contributed by atoms with van der Waals surface area (Å²) >= 11 is 0. The standard InChI is InChI=1S/C15H24N2O/c18-13-4-6-17-9-11-7-12(15(17)8-13)10-16-5-2-1-3-14(11)16/h11-12,14-15H,1-10H2/t11-,12+,14-,15+/m0/s1. The molecular formula is C15H24N2O. The third kappa shape index (κ3) is 1.75. The SMILES string of the molecule is O=C1CCN2C[C@@H]3C[C@H](CN4CCCC[C@@H]34)[C@H]2C1. The summed E-state index contributed by atoms with van der Waals surface area (Å²) < 4.78 is 0. The Kier molecular flexibility index (Phi) is 2.73. The van der Waals surface area contributed by atoms with Crippen molar-refractivity contribution in [2.24, 2.45) is 11.8 Å². The van der Waals surface area contributed by atoms with Crippen molar-refractivity contribution < 1.29 is 4.79 Å². The number of rotatable bonds is 0. The second kappa shape index (κ2) is 4.31. The maximum atomic E-state index is 11.7. The van der Waals surface area contributed by atoms with Crippen molar-refractivity contribution in [3.63, 3.8) is 0 Å². The maximum absolute atomic E-state index is 11.7. The largest absolute Gasteiger partial charge is 0.300 e. The fourth-order valence-corrected chi connectivity index (χ4v) is 5.07. The van der Waals surface area contributed by atoms with Crippen molar-refractivity contribution >= 4 is 5.78 Å². The van der Waals surface area contributed by atoms with Crippen LogP contribution in [0.2, 0.25) is 0 Å². The van der Waals surface area contributed by atoms with Gasteiger partial charge in [-0.05, 0) is 37.6 Å².